The van der Waals surface area contributed by atoms with Crippen LogP contribution in [0.1, 0.15) is 24.2 Å². The highest BCUT2D eigenvalue weighted by Gasteiger charge is 2.10. The average Bonchev–Trinajstić information content (AvgIpc) is 2.38. The molecule has 0 radical (unpaired) electrons. The maximum Gasteiger partial charge on any atom is 0.125 e. The number of aliphatic hydroxyl groups excluding tert-OH is 1. The molecule has 0 fully saturated rings. The maximum absolute atomic E-state index is 13.1. The van der Waals surface area contributed by atoms with Crippen molar-refractivity contribution in [3.05, 3.63) is 59.7 Å². The van der Waals surface area contributed by atoms with Gasteiger partial charge >= 0.3 is 0 Å². The van der Waals surface area contributed by atoms with Gasteiger partial charge in [0.15, 0.2) is 0 Å². The Morgan fingerprint density at radius 3 is 2.89 bits per heavy atom. The molecule has 2 aromatic rings. The molecule has 1 N–H and O–H groups in total. The number of aromatic nitrogens is 1. The van der Waals surface area contributed by atoms with E-state index in [0.29, 0.717) is 17.9 Å². The maximum atomic E-state index is 13.1. The lowest BCUT2D eigenvalue weighted by Crippen LogP contribution is -2.01. The highest BCUT2D eigenvalue weighted by atomic mass is 19.1. The monoisotopic (exact) mass is 247 g/mol. The number of pyridine rings is 1. The number of nitrogens with zero attached hydrogens (tertiary/aromatic N) is 1. The van der Waals surface area contributed by atoms with Crippen LogP contribution >= 0.6 is 0 Å². The molecule has 0 bridgehead atoms. The first-order valence-corrected chi connectivity index (χ1v) is 5.66. The van der Waals surface area contributed by atoms with E-state index in [0.717, 1.165) is 5.56 Å². The fourth-order valence-corrected chi connectivity index (χ4v) is 1.62. The molecule has 0 spiro atoms. The van der Waals surface area contributed by atoms with Crippen LogP contribution in [0.25, 0.3) is 0 Å². The highest BCUT2D eigenvalue weighted by molar-refractivity contribution is 5.35. The number of hydrogen-bond donors (Lipinski definition) is 1. The number of rotatable bonds is 4. The van der Waals surface area contributed by atoms with Crippen LogP contribution in [0.4, 0.5) is 4.39 Å². The van der Waals surface area contributed by atoms with E-state index in [1.165, 1.54) is 18.2 Å². The Morgan fingerprint density at radius 1 is 1.39 bits per heavy atom. The van der Waals surface area contributed by atoms with Crippen molar-refractivity contribution >= 4 is 0 Å². The third-order valence-corrected chi connectivity index (χ3v) is 2.54. The SMILES string of the molecule is CC(O)c1cc(F)ccc1OCc1cccnc1. The van der Waals surface area contributed by atoms with Gasteiger partial charge in [0.2, 0.25) is 0 Å². The number of aliphatic hydroxyl groups is 1. The molecule has 0 aliphatic carbocycles. The Morgan fingerprint density at radius 2 is 2.22 bits per heavy atom. The van der Waals surface area contributed by atoms with Crippen LogP contribution in [0, 0.1) is 5.82 Å². The first kappa shape index (κ1) is 12.5. The van der Waals surface area contributed by atoms with E-state index in [-0.39, 0.29) is 5.82 Å². The zero-order valence-electron chi connectivity index (χ0n) is 10.0. The van der Waals surface area contributed by atoms with E-state index in [1.54, 1.807) is 19.3 Å². The van der Waals surface area contributed by atoms with Crippen molar-refractivity contribution in [1.29, 1.82) is 0 Å². The minimum Gasteiger partial charge on any atom is -0.488 e. The summed E-state index contributed by atoms with van der Waals surface area (Å²) in [6.07, 6.45) is 2.61. The summed E-state index contributed by atoms with van der Waals surface area (Å²) in [5, 5.41) is 9.57. The molecular formula is C14H14FNO2. The van der Waals surface area contributed by atoms with Crippen LogP contribution in [-0.2, 0) is 6.61 Å². The van der Waals surface area contributed by atoms with Crippen molar-refractivity contribution in [2.75, 3.05) is 0 Å². The normalized spacial score (nSPS) is 12.2. The van der Waals surface area contributed by atoms with E-state index in [4.69, 9.17) is 4.74 Å². The molecule has 3 nitrogen and oxygen atoms in total. The zero-order valence-corrected chi connectivity index (χ0v) is 10.0. The lowest BCUT2D eigenvalue weighted by molar-refractivity contribution is 0.189. The second-order valence-electron chi connectivity index (χ2n) is 4.01. The summed E-state index contributed by atoms with van der Waals surface area (Å²) in [5.41, 5.74) is 1.36. The fourth-order valence-electron chi connectivity index (χ4n) is 1.62. The van der Waals surface area contributed by atoms with E-state index < -0.39 is 6.10 Å². The smallest absolute Gasteiger partial charge is 0.125 e. The third kappa shape index (κ3) is 3.05. The Labute approximate surface area is 105 Å². The standard InChI is InChI=1S/C14H14FNO2/c1-10(17)13-7-12(15)4-5-14(13)18-9-11-3-2-6-16-8-11/h2-8,10,17H,9H2,1H3. The van der Waals surface area contributed by atoms with Gasteiger partial charge in [0, 0.05) is 23.5 Å². The van der Waals surface area contributed by atoms with Gasteiger partial charge in [0.25, 0.3) is 0 Å². The minimum absolute atomic E-state index is 0.333. The first-order chi connectivity index (χ1) is 8.66. The number of halogens is 1. The average molecular weight is 247 g/mol. The topological polar surface area (TPSA) is 42.4 Å². The van der Waals surface area contributed by atoms with Gasteiger partial charge in [0.05, 0.1) is 6.10 Å². The van der Waals surface area contributed by atoms with E-state index in [1.807, 2.05) is 12.1 Å². The molecule has 18 heavy (non-hydrogen) atoms. The van der Waals surface area contributed by atoms with E-state index >= 15 is 0 Å². The van der Waals surface area contributed by atoms with Gasteiger partial charge in [-0.15, -0.1) is 0 Å². The number of benzene rings is 1. The highest BCUT2D eigenvalue weighted by Crippen LogP contribution is 2.26. The second-order valence-corrected chi connectivity index (χ2v) is 4.01. The second kappa shape index (κ2) is 5.60. The molecule has 1 aromatic carbocycles. The predicted octanol–water partition coefficient (Wildman–Crippen LogP) is 2.85. The van der Waals surface area contributed by atoms with Gasteiger partial charge < -0.3 is 9.84 Å². The van der Waals surface area contributed by atoms with Crippen molar-refractivity contribution in [3.8, 4) is 5.75 Å². The van der Waals surface area contributed by atoms with Crippen molar-refractivity contribution in [2.45, 2.75) is 19.6 Å². The molecule has 1 atom stereocenters. The molecule has 0 saturated carbocycles. The van der Waals surface area contributed by atoms with Gasteiger partial charge in [-0.3, -0.25) is 4.98 Å². The van der Waals surface area contributed by atoms with Gasteiger partial charge in [-0.1, -0.05) is 6.07 Å². The lowest BCUT2D eigenvalue weighted by atomic mass is 10.1. The van der Waals surface area contributed by atoms with E-state index in [9.17, 15) is 9.50 Å². The zero-order chi connectivity index (χ0) is 13.0. The molecule has 2 rings (SSSR count). The van der Waals surface area contributed by atoms with E-state index in [2.05, 4.69) is 4.98 Å². The van der Waals surface area contributed by atoms with Gasteiger partial charge in [-0.05, 0) is 31.2 Å². The van der Waals surface area contributed by atoms with Crippen molar-refractivity contribution in [1.82, 2.24) is 4.98 Å². The summed E-state index contributed by atoms with van der Waals surface area (Å²) in [6, 6.07) is 7.82. The van der Waals surface area contributed by atoms with Crippen LogP contribution in [0.5, 0.6) is 5.75 Å². The molecule has 94 valence electrons. The van der Waals surface area contributed by atoms with Crippen molar-refractivity contribution in [3.63, 3.8) is 0 Å². The van der Waals surface area contributed by atoms with Crippen LogP contribution in [0.2, 0.25) is 0 Å². The third-order valence-electron chi connectivity index (χ3n) is 2.54. The summed E-state index contributed by atoms with van der Waals surface area (Å²) >= 11 is 0. The Kier molecular flexibility index (Phi) is 3.89. The molecule has 0 amide bonds. The van der Waals surface area contributed by atoms with Crippen LogP contribution in [0.3, 0.4) is 0 Å². The molecule has 0 saturated heterocycles. The van der Waals surface area contributed by atoms with Crippen molar-refractivity contribution in [2.24, 2.45) is 0 Å². The summed E-state index contributed by atoms with van der Waals surface area (Å²) in [6.45, 7) is 1.91. The molecule has 4 heteroatoms. The summed E-state index contributed by atoms with van der Waals surface area (Å²) in [5.74, 6) is 0.0925. The molecule has 0 aliphatic heterocycles. The quantitative estimate of drug-likeness (QED) is 0.903. The Bertz CT molecular complexity index is 514. The van der Waals surface area contributed by atoms with Crippen molar-refractivity contribution < 1.29 is 14.2 Å². The van der Waals surface area contributed by atoms with Crippen LogP contribution in [-0.4, -0.2) is 10.1 Å². The summed E-state index contributed by atoms with van der Waals surface area (Å²) in [7, 11) is 0. The molecule has 1 heterocycles. The Balaban J connectivity index is 2.14. The van der Waals surface area contributed by atoms with Crippen LogP contribution in [0.15, 0.2) is 42.7 Å². The summed E-state index contributed by atoms with van der Waals surface area (Å²) < 4.78 is 18.7. The molecule has 0 aliphatic rings. The van der Waals surface area contributed by atoms with Gasteiger partial charge in [0.1, 0.15) is 18.2 Å². The first-order valence-electron chi connectivity index (χ1n) is 5.66. The molecular weight excluding hydrogens is 233 g/mol. The number of ether oxygens (including phenoxy) is 1. The fraction of sp³-hybridized carbons (Fsp3) is 0.214. The molecule has 1 aromatic heterocycles. The predicted molar refractivity (Wildman–Crippen MR) is 65.6 cm³/mol. The van der Waals surface area contributed by atoms with Gasteiger partial charge in [-0.2, -0.15) is 0 Å². The number of hydrogen-bond acceptors (Lipinski definition) is 3. The molecule has 1 unspecified atom stereocenters. The van der Waals surface area contributed by atoms with Gasteiger partial charge in [-0.25, -0.2) is 4.39 Å². The largest absolute Gasteiger partial charge is 0.488 e. The lowest BCUT2D eigenvalue weighted by Gasteiger charge is -2.13. The Hall–Kier alpha value is -1.94. The summed E-state index contributed by atoms with van der Waals surface area (Å²) in [4.78, 5) is 3.98. The van der Waals surface area contributed by atoms with Crippen LogP contribution < -0.4 is 4.74 Å². The minimum atomic E-state index is -0.774.